The summed E-state index contributed by atoms with van der Waals surface area (Å²) in [6, 6.07) is 0.0710. The Morgan fingerprint density at radius 1 is 1.50 bits per heavy atom. The van der Waals surface area contributed by atoms with Crippen molar-refractivity contribution in [3.8, 4) is 0 Å². The van der Waals surface area contributed by atoms with Crippen LogP contribution in [0.15, 0.2) is 0 Å². The molecule has 94 valence electrons. The Hall–Kier alpha value is -0.570. The number of carbonyl (C=O) groups is 1. The summed E-state index contributed by atoms with van der Waals surface area (Å²) >= 11 is 0. The van der Waals surface area contributed by atoms with Gasteiger partial charge in [-0.2, -0.15) is 0 Å². The van der Waals surface area contributed by atoms with Crippen LogP contribution in [0.3, 0.4) is 0 Å². The minimum Gasteiger partial charge on any atom is -0.338 e. The summed E-state index contributed by atoms with van der Waals surface area (Å²) in [4.78, 5) is 14.2. The molecule has 0 radical (unpaired) electrons. The Morgan fingerprint density at radius 2 is 2.19 bits per heavy atom. The van der Waals surface area contributed by atoms with Gasteiger partial charge in [-0.3, -0.25) is 4.79 Å². The lowest BCUT2D eigenvalue weighted by Gasteiger charge is -2.39. The molecule has 1 heterocycles. The van der Waals surface area contributed by atoms with Gasteiger partial charge in [0.2, 0.25) is 5.91 Å². The summed E-state index contributed by atoms with van der Waals surface area (Å²) in [5.74, 6) is 0.767. The third kappa shape index (κ3) is 3.21. The summed E-state index contributed by atoms with van der Waals surface area (Å²) < 4.78 is 0. The third-order valence-electron chi connectivity index (χ3n) is 3.84. The molecule has 3 heteroatoms. The smallest absolute Gasteiger partial charge is 0.239 e. The van der Waals surface area contributed by atoms with Gasteiger partial charge < -0.3 is 10.6 Å². The van der Waals surface area contributed by atoms with Gasteiger partial charge in [0.05, 0.1) is 6.04 Å². The molecule has 0 bridgehead atoms. The number of unbranched alkanes of at least 4 members (excludes halogenated alkanes) is 1. The average Bonchev–Trinajstić information content (AvgIpc) is 2.28. The van der Waals surface area contributed by atoms with Gasteiger partial charge in [0, 0.05) is 12.6 Å². The third-order valence-corrected chi connectivity index (χ3v) is 3.84. The average molecular weight is 226 g/mol. The molecule has 2 unspecified atom stereocenters. The summed E-state index contributed by atoms with van der Waals surface area (Å²) in [5, 5.41) is 0. The van der Waals surface area contributed by atoms with E-state index in [1.54, 1.807) is 0 Å². The number of likely N-dealkylation sites (tertiary alicyclic amines) is 1. The van der Waals surface area contributed by atoms with Gasteiger partial charge in [0.15, 0.2) is 0 Å². The Labute approximate surface area is 99.4 Å². The molecule has 2 N–H and O–H groups in total. The molecule has 1 saturated heterocycles. The topological polar surface area (TPSA) is 46.3 Å². The number of piperidine rings is 1. The summed E-state index contributed by atoms with van der Waals surface area (Å²) in [6.45, 7) is 7.39. The molecule has 0 saturated carbocycles. The van der Waals surface area contributed by atoms with Crippen LogP contribution in [0.2, 0.25) is 0 Å². The van der Waals surface area contributed by atoms with Gasteiger partial charge in [0.25, 0.3) is 0 Å². The molecule has 3 nitrogen and oxygen atoms in total. The summed E-state index contributed by atoms with van der Waals surface area (Å²) in [6.07, 6.45) is 5.33. The van der Waals surface area contributed by atoms with Crippen LogP contribution in [-0.2, 0) is 4.79 Å². The highest BCUT2D eigenvalue weighted by atomic mass is 16.2. The maximum absolute atomic E-state index is 12.2. The number of nitrogens with two attached hydrogens (primary N) is 1. The predicted octanol–water partition coefficient (Wildman–Crippen LogP) is 2.15. The van der Waals surface area contributed by atoms with Crippen LogP contribution < -0.4 is 5.73 Å². The standard InChI is InChI=1S/C13H26N2O/c1-4-5-8-12(14)13(16)15-9-6-7-10(2)11(15)3/h10-12H,4-9,14H2,1-3H3/t10?,11?,12-/m0/s1. The molecule has 0 spiro atoms. The molecule has 1 aliphatic heterocycles. The van der Waals surface area contributed by atoms with Gasteiger partial charge in [-0.25, -0.2) is 0 Å². The number of nitrogens with zero attached hydrogens (tertiary/aromatic N) is 1. The zero-order valence-corrected chi connectivity index (χ0v) is 10.9. The van der Waals surface area contributed by atoms with E-state index < -0.39 is 0 Å². The Balaban J connectivity index is 2.51. The van der Waals surface area contributed by atoms with E-state index in [2.05, 4.69) is 20.8 Å². The lowest BCUT2D eigenvalue weighted by molar-refractivity contribution is -0.137. The first-order chi connectivity index (χ1) is 7.57. The number of carbonyl (C=O) groups excluding carboxylic acids is 1. The number of amides is 1. The van der Waals surface area contributed by atoms with E-state index >= 15 is 0 Å². The van der Waals surface area contributed by atoms with Gasteiger partial charge in [-0.15, -0.1) is 0 Å². The fraction of sp³-hybridized carbons (Fsp3) is 0.923. The van der Waals surface area contributed by atoms with Gasteiger partial charge in [-0.1, -0.05) is 26.7 Å². The SMILES string of the molecule is CCCC[C@H](N)C(=O)N1CCCC(C)C1C. The molecule has 16 heavy (non-hydrogen) atoms. The molecule has 0 aromatic heterocycles. The van der Waals surface area contributed by atoms with Crippen LogP contribution in [0, 0.1) is 5.92 Å². The van der Waals surface area contributed by atoms with Crippen molar-refractivity contribution in [1.82, 2.24) is 4.90 Å². The normalized spacial score (nSPS) is 27.9. The molecule has 1 amide bonds. The van der Waals surface area contributed by atoms with E-state index in [0.717, 1.165) is 32.2 Å². The van der Waals surface area contributed by atoms with Crippen molar-refractivity contribution in [2.45, 2.75) is 65.0 Å². The second kappa shape index (κ2) is 6.24. The van der Waals surface area contributed by atoms with Crippen molar-refractivity contribution < 1.29 is 4.79 Å². The lowest BCUT2D eigenvalue weighted by Crippen LogP contribution is -2.52. The van der Waals surface area contributed by atoms with E-state index in [1.165, 1.54) is 6.42 Å². The monoisotopic (exact) mass is 226 g/mol. The minimum absolute atomic E-state index is 0.160. The molecular weight excluding hydrogens is 200 g/mol. The van der Waals surface area contributed by atoms with Crippen LogP contribution >= 0.6 is 0 Å². The van der Waals surface area contributed by atoms with Crippen molar-refractivity contribution in [1.29, 1.82) is 0 Å². The second-order valence-corrected chi connectivity index (χ2v) is 5.14. The number of rotatable bonds is 4. The van der Waals surface area contributed by atoms with E-state index in [4.69, 9.17) is 5.73 Å². The highest BCUT2D eigenvalue weighted by Crippen LogP contribution is 2.23. The first-order valence-electron chi connectivity index (χ1n) is 6.64. The predicted molar refractivity (Wildman–Crippen MR) is 67.1 cm³/mol. The van der Waals surface area contributed by atoms with Crippen LogP contribution in [-0.4, -0.2) is 29.4 Å². The van der Waals surface area contributed by atoms with Crippen LogP contribution in [0.1, 0.15) is 52.9 Å². The fourth-order valence-corrected chi connectivity index (χ4v) is 2.41. The minimum atomic E-state index is -0.285. The van der Waals surface area contributed by atoms with Crippen LogP contribution in [0.25, 0.3) is 0 Å². The Kier molecular flexibility index (Phi) is 5.26. The highest BCUT2D eigenvalue weighted by Gasteiger charge is 2.30. The molecule has 1 aliphatic rings. The zero-order valence-electron chi connectivity index (χ0n) is 10.9. The Bertz CT molecular complexity index is 230. The fourth-order valence-electron chi connectivity index (χ4n) is 2.41. The van der Waals surface area contributed by atoms with Crippen molar-refractivity contribution in [3.05, 3.63) is 0 Å². The van der Waals surface area contributed by atoms with E-state index in [9.17, 15) is 4.79 Å². The maximum Gasteiger partial charge on any atom is 0.239 e. The van der Waals surface area contributed by atoms with Crippen molar-refractivity contribution >= 4 is 5.91 Å². The molecule has 0 aromatic rings. The highest BCUT2D eigenvalue weighted by molar-refractivity contribution is 5.82. The molecule has 1 fully saturated rings. The summed E-state index contributed by atoms with van der Waals surface area (Å²) in [7, 11) is 0. The van der Waals surface area contributed by atoms with E-state index in [1.807, 2.05) is 4.90 Å². The van der Waals surface area contributed by atoms with Gasteiger partial charge in [-0.05, 0) is 32.1 Å². The Morgan fingerprint density at radius 3 is 2.81 bits per heavy atom. The quantitative estimate of drug-likeness (QED) is 0.798. The van der Waals surface area contributed by atoms with Crippen molar-refractivity contribution in [2.24, 2.45) is 11.7 Å². The second-order valence-electron chi connectivity index (χ2n) is 5.14. The van der Waals surface area contributed by atoms with Crippen molar-refractivity contribution in [3.63, 3.8) is 0 Å². The first-order valence-corrected chi connectivity index (χ1v) is 6.64. The zero-order chi connectivity index (χ0) is 12.1. The van der Waals surface area contributed by atoms with Gasteiger partial charge in [0.1, 0.15) is 0 Å². The number of hydrogen-bond donors (Lipinski definition) is 1. The lowest BCUT2D eigenvalue weighted by atomic mass is 9.91. The molecular formula is C13H26N2O. The van der Waals surface area contributed by atoms with Gasteiger partial charge >= 0.3 is 0 Å². The largest absolute Gasteiger partial charge is 0.338 e. The summed E-state index contributed by atoms with van der Waals surface area (Å²) in [5.41, 5.74) is 5.95. The molecule has 0 aromatic carbocycles. The van der Waals surface area contributed by atoms with E-state index in [-0.39, 0.29) is 11.9 Å². The first kappa shape index (κ1) is 13.5. The maximum atomic E-state index is 12.2. The molecule has 0 aliphatic carbocycles. The van der Waals surface area contributed by atoms with E-state index in [0.29, 0.717) is 12.0 Å². The van der Waals surface area contributed by atoms with Crippen LogP contribution in [0.5, 0.6) is 0 Å². The van der Waals surface area contributed by atoms with Crippen LogP contribution in [0.4, 0.5) is 0 Å². The van der Waals surface area contributed by atoms with Crippen molar-refractivity contribution in [2.75, 3.05) is 6.54 Å². The molecule has 3 atom stereocenters. The number of hydrogen-bond acceptors (Lipinski definition) is 2. The molecule has 1 rings (SSSR count).